The van der Waals surface area contributed by atoms with Crippen LogP contribution in [-0.4, -0.2) is 78.4 Å². The number of aryl methyl sites for hydroxylation is 1. The fourth-order valence-corrected chi connectivity index (χ4v) is 6.16. The molecule has 0 spiro atoms. The van der Waals surface area contributed by atoms with Gasteiger partial charge in [-0.15, -0.1) is 0 Å². The highest BCUT2D eigenvalue weighted by Gasteiger charge is 2.37. The Hall–Kier alpha value is -3.25. The van der Waals surface area contributed by atoms with Gasteiger partial charge in [0, 0.05) is 80.7 Å². The fraction of sp³-hybridized carbons (Fsp3) is 0.483. The lowest BCUT2D eigenvalue weighted by molar-refractivity contribution is -0.0435. The van der Waals surface area contributed by atoms with E-state index in [2.05, 4.69) is 58.8 Å². The van der Waals surface area contributed by atoms with Crippen LogP contribution in [0.5, 0.6) is 0 Å². The quantitative estimate of drug-likeness (QED) is 0.574. The van der Waals surface area contributed by atoms with Crippen LogP contribution in [0.1, 0.15) is 37.8 Å². The number of nitriles is 1. The number of fused-ring (bicyclic) bond motifs is 1. The normalized spacial score (nSPS) is 24.4. The summed E-state index contributed by atoms with van der Waals surface area (Å²) in [6, 6.07) is 11.9. The maximum absolute atomic E-state index is 9.54. The molecule has 3 saturated heterocycles. The average Bonchev–Trinajstić information content (AvgIpc) is 2.83. The molecule has 5 heterocycles. The Morgan fingerprint density at radius 3 is 2.73 bits per heavy atom. The Morgan fingerprint density at radius 1 is 1.19 bits per heavy atom. The monoisotopic (exact) mass is 498 g/mol. The standard InChI is InChI=1S/C29H35N7O/c1-19-9-27(36-17-29(3,31)18-36)33-11-25(19)22-13-34(14-22)15-23-16-35(12-20(2)37-23)26-7-6-21(10-30)28-24(26)5-4-8-32-28/h4-9,11,20,22-23H,12-18,31H2,1-3H3/t20-,23+/m1/s1/i8D. The van der Waals surface area contributed by atoms with Crippen LogP contribution in [0.15, 0.2) is 42.7 Å². The number of anilines is 2. The number of hydrogen-bond donors (Lipinski definition) is 1. The molecule has 0 radical (unpaired) electrons. The van der Waals surface area contributed by atoms with Gasteiger partial charge in [-0.3, -0.25) is 9.88 Å². The number of nitrogens with zero attached hydrogens (tertiary/aromatic N) is 6. The Bertz CT molecular complexity index is 1410. The maximum Gasteiger partial charge on any atom is 0.128 e. The first-order valence-corrected chi connectivity index (χ1v) is 13.1. The lowest BCUT2D eigenvalue weighted by Gasteiger charge is -2.47. The molecule has 0 bridgehead atoms. The lowest BCUT2D eigenvalue weighted by atomic mass is 9.89. The molecular formula is C29H35N7O. The molecule has 192 valence electrons. The number of aromatic nitrogens is 2. The second kappa shape index (κ2) is 9.25. The number of morpholine rings is 1. The minimum atomic E-state index is -0.105. The Labute approximate surface area is 220 Å². The number of benzene rings is 1. The molecule has 37 heavy (non-hydrogen) atoms. The molecule has 6 rings (SSSR count). The van der Waals surface area contributed by atoms with E-state index in [9.17, 15) is 5.26 Å². The first-order valence-electron chi connectivity index (χ1n) is 13.6. The second-order valence-corrected chi connectivity index (χ2v) is 11.4. The van der Waals surface area contributed by atoms with E-state index in [-0.39, 0.29) is 23.9 Å². The predicted molar refractivity (Wildman–Crippen MR) is 146 cm³/mol. The summed E-state index contributed by atoms with van der Waals surface area (Å²) < 4.78 is 14.3. The predicted octanol–water partition coefficient (Wildman–Crippen LogP) is 3.04. The minimum Gasteiger partial charge on any atom is -0.370 e. The zero-order chi connectivity index (χ0) is 26.6. The summed E-state index contributed by atoms with van der Waals surface area (Å²) in [5.74, 6) is 1.52. The largest absolute Gasteiger partial charge is 0.370 e. The van der Waals surface area contributed by atoms with Crippen LogP contribution in [0.2, 0.25) is 0 Å². The smallest absolute Gasteiger partial charge is 0.128 e. The molecule has 1 aromatic carbocycles. The highest BCUT2D eigenvalue weighted by atomic mass is 16.5. The molecule has 3 aromatic rings. The zero-order valence-electron chi connectivity index (χ0n) is 22.8. The van der Waals surface area contributed by atoms with Crippen molar-refractivity contribution in [1.82, 2.24) is 14.9 Å². The Balaban J connectivity index is 1.10. The summed E-state index contributed by atoms with van der Waals surface area (Å²) in [6.07, 6.45) is 2.42. The molecular weight excluding hydrogens is 462 g/mol. The van der Waals surface area contributed by atoms with E-state index in [4.69, 9.17) is 16.8 Å². The molecule has 2 atom stereocenters. The van der Waals surface area contributed by atoms with Crippen molar-refractivity contribution in [2.75, 3.05) is 55.6 Å². The topological polar surface area (TPSA) is 94.5 Å². The molecule has 2 N–H and O–H groups in total. The van der Waals surface area contributed by atoms with Gasteiger partial charge in [0.05, 0.1) is 24.7 Å². The third-order valence-electron chi connectivity index (χ3n) is 7.91. The highest BCUT2D eigenvalue weighted by Crippen LogP contribution is 2.34. The van der Waals surface area contributed by atoms with Gasteiger partial charge in [0.2, 0.25) is 0 Å². The lowest BCUT2D eigenvalue weighted by Crippen LogP contribution is -2.65. The van der Waals surface area contributed by atoms with Crippen molar-refractivity contribution in [3.05, 3.63) is 59.4 Å². The number of hydrogen-bond acceptors (Lipinski definition) is 8. The van der Waals surface area contributed by atoms with Crippen molar-refractivity contribution in [1.29, 1.82) is 5.26 Å². The second-order valence-electron chi connectivity index (χ2n) is 11.4. The van der Waals surface area contributed by atoms with Gasteiger partial charge in [-0.1, -0.05) is 0 Å². The van der Waals surface area contributed by atoms with Crippen LogP contribution < -0.4 is 15.5 Å². The van der Waals surface area contributed by atoms with Crippen LogP contribution in [0, 0.1) is 18.3 Å². The van der Waals surface area contributed by atoms with Gasteiger partial charge in [-0.25, -0.2) is 4.98 Å². The van der Waals surface area contributed by atoms with Crippen molar-refractivity contribution < 1.29 is 6.11 Å². The summed E-state index contributed by atoms with van der Waals surface area (Å²) in [5.41, 5.74) is 10.9. The van der Waals surface area contributed by atoms with Crippen LogP contribution in [0.25, 0.3) is 10.9 Å². The highest BCUT2D eigenvalue weighted by molar-refractivity contribution is 5.95. The minimum absolute atomic E-state index is 0.0902. The van der Waals surface area contributed by atoms with E-state index >= 15 is 0 Å². The number of pyridine rings is 2. The van der Waals surface area contributed by atoms with E-state index in [1.165, 1.54) is 11.1 Å². The third kappa shape index (κ3) is 4.63. The van der Waals surface area contributed by atoms with Gasteiger partial charge in [0.1, 0.15) is 11.9 Å². The SMILES string of the molecule is [2H]c1ccc2c(N3C[C@H](CN4CC(c5cnc(N6CC(C)(N)C6)cc5C)C4)O[C@H](C)C3)ccc(C#N)c2n1. The third-order valence-corrected chi connectivity index (χ3v) is 7.91. The van der Waals surface area contributed by atoms with E-state index in [1.807, 2.05) is 18.2 Å². The van der Waals surface area contributed by atoms with Gasteiger partial charge < -0.3 is 20.3 Å². The van der Waals surface area contributed by atoms with Crippen LogP contribution >= 0.6 is 0 Å². The van der Waals surface area contributed by atoms with Crippen LogP contribution in [0.3, 0.4) is 0 Å². The maximum atomic E-state index is 9.54. The summed E-state index contributed by atoms with van der Waals surface area (Å²) in [6.45, 7) is 12.6. The molecule has 3 fully saturated rings. The summed E-state index contributed by atoms with van der Waals surface area (Å²) >= 11 is 0. The summed E-state index contributed by atoms with van der Waals surface area (Å²) in [4.78, 5) is 16.2. The molecule has 2 aromatic heterocycles. The molecule has 3 aliphatic heterocycles. The first-order chi connectivity index (χ1) is 18.2. The zero-order valence-corrected chi connectivity index (χ0v) is 21.8. The number of rotatable bonds is 5. The molecule has 8 nitrogen and oxygen atoms in total. The first kappa shape index (κ1) is 22.9. The summed E-state index contributed by atoms with van der Waals surface area (Å²) in [7, 11) is 0. The molecule has 0 saturated carbocycles. The van der Waals surface area contributed by atoms with Crippen molar-refractivity contribution in [3.63, 3.8) is 0 Å². The van der Waals surface area contributed by atoms with Gasteiger partial charge in [0.25, 0.3) is 0 Å². The molecule has 0 aliphatic carbocycles. The van der Waals surface area contributed by atoms with Crippen molar-refractivity contribution in [2.24, 2.45) is 5.73 Å². The van der Waals surface area contributed by atoms with Gasteiger partial charge in [-0.2, -0.15) is 5.26 Å². The number of ether oxygens (including phenoxy) is 1. The van der Waals surface area contributed by atoms with E-state index in [0.29, 0.717) is 17.0 Å². The van der Waals surface area contributed by atoms with E-state index in [0.717, 1.165) is 62.7 Å². The number of nitrogens with two attached hydrogens (primary N) is 1. The van der Waals surface area contributed by atoms with Gasteiger partial charge in [0.15, 0.2) is 0 Å². The van der Waals surface area contributed by atoms with Crippen molar-refractivity contribution >= 4 is 22.4 Å². The van der Waals surface area contributed by atoms with E-state index < -0.39 is 0 Å². The van der Waals surface area contributed by atoms with Crippen LogP contribution in [0.4, 0.5) is 11.5 Å². The van der Waals surface area contributed by atoms with Crippen LogP contribution in [-0.2, 0) is 4.74 Å². The molecule has 3 aliphatic rings. The Morgan fingerprint density at radius 2 is 2.00 bits per heavy atom. The molecule has 0 unspecified atom stereocenters. The van der Waals surface area contributed by atoms with Gasteiger partial charge in [-0.05, 0) is 62.2 Å². The fourth-order valence-electron chi connectivity index (χ4n) is 6.16. The van der Waals surface area contributed by atoms with E-state index in [1.54, 1.807) is 6.07 Å². The summed E-state index contributed by atoms with van der Waals surface area (Å²) in [5, 5.41) is 10.4. The average molecular weight is 499 g/mol. The van der Waals surface area contributed by atoms with Gasteiger partial charge >= 0.3 is 0 Å². The molecule has 8 heteroatoms. The Kier molecular flexibility index (Phi) is 5.73. The van der Waals surface area contributed by atoms with Crippen molar-refractivity contribution in [2.45, 2.75) is 44.4 Å². The molecule has 0 amide bonds. The van der Waals surface area contributed by atoms with Crippen molar-refractivity contribution in [3.8, 4) is 6.07 Å². The number of likely N-dealkylation sites (tertiary alicyclic amines) is 1.